The highest BCUT2D eigenvalue weighted by atomic mass is 16.5. The molecule has 1 aromatic carbocycles. The molecule has 1 aliphatic heterocycles. The van der Waals surface area contributed by atoms with Crippen molar-refractivity contribution in [2.24, 2.45) is 0 Å². The van der Waals surface area contributed by atoms with Gasteiger partial charge in [0, 0.05) is 19.0 Å². The van der Waals surface area contributed by atoms with Gasteiger partial charge in [-0.1, -0.05) is 19.1 Å². The van der Waals surface area contributed by atoms with Crippen molar-refractivity contribution in [1.82, 2.24) is 10.2 Å². The molecule has 2 unspecified atom stereocenters. The van der Waals surface area contributed by atoms with Gasteiger partial charge in [-0.3, -0.25) is 4.79 Å². The molecule has 0 aromatic heterocycles. The number of hydrogen-bond acceptors (Lipinski definition) is 3. The molecule has 1 saturated heterocycles. The molecule has 4 nitrogen and oxygen atoms in total. The van der Waals surface area contributed by atoms with E-state index in [1.54, 1.807) is 7.11 Å². The minimum absolute atomic E-state index is 0.196. The smallest absolute Gasteiger partial charge is 0.224 e. The van der Waals surface area contributed by atoms with Gasteiger partial charge in [0.1, 0.15) is 5.75 Å². The fourth-order valence-electron chi connectivity index (χ4n) is 3.06. The zero-order valence-corrected chi connectivity index (χ0v) is 13.3. The van der Waals surface area contributed by atoms with Gasteiger partial charge in [-0.05, 0) is 44.0 Å². The summed E-state index contributed by atoms with van der Waals surface area (Å²) in [6.45, 7) is 5.89. The molecular formula is C17H26N2O2. The normalized spacial score (nSPS) is 19.6. The molecule has 1 N–H and O–H groups in total. The van der Waals surface area contributed by atoms with Crippen LogP contribution in [-0.2, 0) is 4.79 Å². The zero-order chi connectivity index (χ0) is 15.2. The van der Waals surface area contributed by atoms with Gasteiger partial charge >= 0.3 is 0 Å². The van der Waals surface area contributed by atoms with E-state index in [2.05, 4.69) is 25.2 Å². The molecule has 4 heteroatoms. The van der Waals surface area contributed by atoms with E-state index in [1.807, 2.05) is 23.1 Å². The second kappa shape index (κ2) is 7.46. The van der Waals surface area contributed by atoms with Crippen molar-refractivity contribution in [3.63, 3.8) is 0 Å². The van der Waals surface area contributed by atoms with Gasteiger partial charge < -0.3 is 15.0 Å². The van der Waals surface area contributed by atoms with Crippen molar-refractivity contribution in [3.05, 3.63) is 29.8 Å². The molecular weight excluding hydrogens is 264 g/mol. The van der Waals surface area contributed by atoms with Crippen LogP contribution >= 0.6 is 0 Å². The van der Waals surface area contributed by atoms with Gasteiger partial charge in [0.15, 0.2) is 0 Å². The maximum atomic E-state index is 12.5. The molecule has 116 valence electrons. The first-order valence-corrected chi connectivity index (χ1v) is 7.82. The summed E-state index contributed by atoms with van der Waals surface area (Å²) in [4.78, 5) is 14.6. The van der Waals surface area contributed by atoms with Crippen molar-refractivity contribution in [1.29, 1.82) is 0 Å². The Balaban J connectivity index is 2.07. The van der Waals surface area contributed by atoms with E-state index >= 15 is 0 Å². The topological polar surface area (TPSA) is 41.6 Å². The van der Waals surface area contributed by atoms with Crippen LogP contribution in [0.4, 0.5) is 0 Å². The molecule has 0 radical (unpaired) electrons. The van der Waals surface area contributed by atoms with E-state index in [4.69, 9.17) is 4.74 Å². The number of nitrogens with zero attached hydrogens (tertiary/aromatic N) is 1. The Bertz CT molecular complexity index is 476. The second-order valence-corrected chi connectivity index (χ2v) is 5.68. The van der Waals surface area contributed by atoms with E-state index in [-0.39, 0.29) is 18.0 Å². The maximum absolute atomic E-state index is 12.5. The molecule has 1 aliphatic rings. The number of nitrogens with one attached hydrogen (secondary N) is 1. The average molecular weight is 290 g/mol. The first kappa shape index (κ1) is 15.8. The average Bonchev–Trinajstić information content (AvgIpc) is 2.97. The Labute approximate surface area is 127 Å². The van der Waals surface area contributed by atoms with E-state index in [9.17, 15) is 4.79 Å². The van der Waals surface area contributed by atoms with Gasteiger partial charge in [0.25, 0.3) is 0 Å². The van der Waals surface area contributed by atoms with Crippen molar-refractivity contribution in [2.75, 3.05) is 20.2 Å². The number of likely N-dealkylation sites (tertiary alicyclic amines) is 1. The highest BCUT2D eigenvalue weighted by Crippen LogP contribution is 2.33. The van der Waals surface area contributed by atoms with Crippen LogP contribution in [0, 0.1) is 0 Å². The monoisotopic (exact) mass is 290 g/mol. The molecule has 1 amide bonds. The van der Waals surface area contributed by atoms with Gasteiger partial charge in [-0.15, -0.1) is 0 Å². The lowest BCUT2D eigenvalue weighted by Gasteiger charge is -2.27. The van der Waals surface area contributed by atoms with E-state index < -0.39 is 0 Å². The van der Waals surface area contributed by atoms with Gasteiger partial charge in [-0.2, -0.15) is 0 Å². The van der Waals surface area contributed by atoms with Crippen molar-refractivity contribution in [2.45, 2.75) is 45.2 Å². The lowest BCUT2D eigenvalue weighted by molar-refractivity contribution is -0.132. The van der Waals surface area contributed by atoms with Crippen LogP contribution < -0.4 is 10.1 Å². The van der Waals surface area contributed by atoms with E-state index in [1.165, 1.54) is 5.56 Å². The van der Waals surface area contributed by atoms with E-state index in [0.29, 0.717) is 6.42 Å². The zero-order valence-electron chi connectivity index (χ0n) is 13.3. The van der Waals surface area contributed by atoms with Gasteiger partial charge in [-0.25, -0.2) is 0 Å². The predicted molar refractivity (Wildman–Crippen MR) is 84.4 cm³/mol. The Morgan fingerprint density at radius 1 is 1.52 bits per heavy atom. The van der Waals surface area contributed by atoms with Crippen LogP contribution in [0.1, 0.15) is 44.7 Å². The van der Waals surface area contributed by atoms with Crippen molar-refractivity contribution in [3.8, 4) is 5.75 Å². The molecule has 0 aliphatic carbocycles. The standard InChI is InChI=1S/C17H26N2O2/c1-4-18-13(2)11-17(20)19-10-6-9-16(19)14-7-5-8-15(12-14)21-3/h5,7-8,12-13,16,18H,4,6,9-11H2,1-3H3. The highest BCUT2D eigenvalue weighted by molar-refractivity contribution is 5.77. The summed E-state index contributed by atoms with van der Waals surface area (Å²) in [6.07, 6.45) is 2.67. The molecule has 1 aromatic rings. The lowest BCUT2D eigenvalue weighted by Crippen LogP contribution is -2.36. The molecule has 0 spiro atoms. The minimum Gasteiger partial charge on any atom is -0.497 e. The van der Waals surface area contributed by atoms with Crippen LogP contribution in [0.5, 0.6) is 5.75 Å². The molecule has 1 fully saturated rings. The summed E-state index contributed by atoms with van der Waals surface area (Å²) < 4.78 is 5.29. The number of amides is 1. The van der Waals surface area contributed by atoms with Gasteiger partial charge in [0.2, 0.25) is 5.91 Å². The van der Waals surface area contributed by atoms with E-state index in [0.717, 1.165) is 31.7 Å². The third-order valence-electron chi connectivity index (χ3n) is 4.09. The molecule has 1 heterocycles. The fourth-order valence-corrected chi connectivity index (χ4v) is 3.06. The third kappa shape index (κ3) is 3.97. The quantitative estimate of drug-likeness (QED) is 0.876. The summed E-state index contributed by atoms with van der Waals surface area (Å²) in [7, 11) is 1.68. The van der Waals surface area contributed by atoms with Crippen LogP contribution in [0.3, 0.4) is 0 Å². The highest BCUT2D eigenvalue weighted by Gasteiger charge is 2.30. The van der Waals surface area contributed by atoms with Crippen molar-refractivity contribution < 1.29 is 9.53 Å². The Morgan fingerprint density at radius 3 is 3.05 bits per heavy atom. The predicted octanol–water partition coefficient (Wildman–Crippen LogP) is 2.75. The maximum Gasteiger partial charge on any atom is 0.224 e. The molecule has 2 rings (SSSR count). The lowest BCUT2D eigenvalue weighted by atomic mass is 10.0. The SMILES string of the molecule is CCNC(C)CC(=O)N1CCCC1c1cccc(OC)c1. The molecule has 2 atom stereocenters. The summed E-state index contributed by atoms with van der Waals surface area (Å²) in [5.74, 6) is 1.10. The second-order valence-electron chi connectivity index (χ2n) is 5.68. The summed E-state index contributed by atoms with van der Waals surface area (Å²) in [6, 6.07) is 8.50. The fraction of sp³-hybridized carbons (Fsp3) is 0.588. The number of carbonyl (C=O) groups excluding carboxylic acids is 1. The Morgan fingerprint density at radius 2 is 2.33 bits per heavy atom. The molecule has 0 saturated carbocycles. The number of rotatable bonds is 6. The number of methoxy groups -OCH3 is 1. The van der Waals surface area contributed by atoms with Crippen molar-refractivity contribution >= 4 is 5.91 Å². The minimum atomic E-state index is 0.196. The van der Waals surface area contributed by atoms with Crippen LogP contribution in [0.2, 0.25) is 0 Å². The Kier molecular flexibility index (Phi) is 5.62. The van der Waals surface area contributed by atoms with Crippen LogP contribution in [0.15, 0.2) is 24.3 Å². The number of carbonyl (C=O) groups is 1. The summed E-state index contributed by atoms with van der Waals surface area (Å²) in [5.41, 5.74) is 1.18. The first-order chi connectivity index (χ1) is 10.2. The molecule has 21 heavy (non-hydrogen) atoms. The van der Waals surface area contributed by atoms with Crippen LogP contribution in [-0.4, -0.2) is 37.0 Å². The number of benzene rings is 1. The number of ether oxygens (including phenoxy) is 1. The van der Waals surface area contributed by atoms with Gasteiger partial charge in [0.05, 0.1) is 13.2 Å². The number of hydrogen-bond donors (Lipinski definition) is 1. The largest absolute Gasteiger partial charge is 0.497 e. The summed E-state index contributed by atoms with van der Waals surface area (Å²) >= 11 is 0. The summed E-state index contributed by atoms with van der Waals surface area (Å²) in [5, 5.41) is 3.31. The van der Waals surface area contributed by atoms with Crippen LogP contribution in [0.25, 0.3) is 0 Å². The Hall–Kier alpha value is -1.55. The third-order valence-corrected chi connectivity index (χ3v) is 4.09. The first-order valence-electron chi connectivity index (χ1n) is 7.82. The molecule has 0 bridgehead atoms.